The van der Waals surface area contributed by atoms with Crippen LogP contribution >= 0.6 is 0 Å². The molecule has 0 radical (unpaired) electrons. The van der Waals surface area contributed by atoms with Crippen molar-refractivity contribution in [3.05, 3.63) is 169 Å². The fourth-order valence-electron chi connectivity index (χ4n) is 7.66. The molecule has 0 saturated carbocycles. The highest BCUT2D eigenvalue weighted by atomic mass is 15.4. The fraction of sp³-hybridized carbons (Fsp3) is 0.167. The van der Waals surface area contributed by atoms with Gasteiger partial charge in [-0.25, -0.2) is 0 Å². The van der Waals surface area contributed by atoms with Gasteiger partial charge in [0, 0.05) is 62.3 Å². The lowest BCUT2D eigenvalue weighted by Gasteiger charge is -2.14. The average Bonchev–Trinajstić information content (AvgIpc) is 3.24. The number of fused-ring (bicyclic) bond motifs is 4. The predicted molar refractivity (Wildman–Crippen MR) is 227 cm³/mol. The summed E-state index contributed by atoms with van der Waals surface area (Å²) in [7, 11) is 4.00. The summed E-state index contributed by atoms with van der Waals surface area (Å²) in [6.07, 6.45) is 8.59. The first-order valence-electron chi connectivity index (χ1n) is 19.0. The van der Waals surface area contributed by atoms with E-state index in [0.29, 0.717) is 0 Å². The molecule has 0 fully saturated rings. The number of benzene rings is 6. The molecule has 0 unspecified atom stereocenters. The number of para-hydroxylation sites is 6. The third-order valence-corrected chi connectivity index (χ3v) is 10.4. The number of rotatable bonds is 13. The van der Waals surface area contributed by atoms with Crippen molar-refractivity contribution in [1.82, 2.24) is 0 Å². The first-order chi connectivity index (χ1) is 26.7. The monoisotopic (exact) mass is 706 g/mol. The molecule has 2 heterocycles. The van der Waals surface area contributed by atoms with E-state index < -0.39 is 0 Å². The highest BCUT2D eigenvalue weighted by Gasteiger charge is 2.21. The van der Waals surface area contributed by atoms with Gasteiger partial charge in [-0.2, -0.15) is 19.3 Å². The minimum atomic E-state index is 0.965. The SMILES string of the molecule is CN(/N=C/c1c2ccccc2[n+](CCCCCC[n+]2c3ccccc3c(/C=N/N(C)c3ccccc3)c3ccccc32)c2ccccc12)c1ccccc1. The number of hydrogen-bond acceptors (Lipinski definition) is 4. The van der Waals surface area contributed by atoms with Crippen LogP contribution in [0.2, 0.25) is 0 Å². The second kappa shape index (κ2) is 16.1. The third-order valence-electron chi connectivity index (χ3n) is 10.4. The maximum absolute atomic E-state index is 4.87. The number of anilines is 2. The number of aromatic nitrogens is 2. The second-order valence-corrected chi connectivity index (χ2v) is 13.8. The third kappa shape index (κ3) is 7.15. The van der Waals surface area contributed by atoms with E-state index in [2.05, 4.69) is 130 Å². The Kier molecular flexibility index (Phi) is 10.3. The van der Waals surface area contributed by atoms with E-state index in [0.717, 1.165) is 61.3 Å². The van der Waals surface area contributed by atoms with Gasteiger partial charge in [0.05, 0.1) is 45.3 Å². The van der Waals surface area contributed by atoms with E-state index in [1.54, 1.807) is 0 Å². The normalized spacial score (nSPS) is 11.8. The molecule has 8 aromatic rings. The van der Waals surface area contributed by atoms with Crippen molar-refractivity contribution in [1.29, 1.82) is 0 Å². The molecule has 0 spiro atoms. The summed E-state index contributed by atoms with van der Waals surface area (Å²) in [5.74, 6) is 0. The largest absolute Gasteiger partial charge is 0.269 e. The number of pyridine rings is 2. The Morgan fingerprint density at radius 2 is 0.685 bits per heavy atom. The Bertz CT molecular complexity index is 2300. The second-order valence-electron chi connectivity index (χ2n) is 13.8. The number of unbranched alkanes of at least 4 members (excludes halogenated alkanes) is 3. The molecule has 266 valence electrons. The van der Waals surface area contributed by atoms with Gasteiger partial charge in [0.2, 0.25) is 22.1 Å². The summed E-state index contributed by atoms with van der Waals surface area (Å²) >= 11 is 0. The summed E-state index contributed by atoms with van der Waals surface area (Å²) in [5, 5.41) is 18.5. The van der Waals surface area contributed by atoms with Crippen molar-refractivity contribution >= 4 is 67.4 Å². The first-order valence-corrected chi connectivity index (χ1v) is 19.0. The number of nitrogens with zero attached hydrogens (tertiary/aromatic N) is 6. The zero-order chi connectivity index (χ0) is 36.7. The molecule has 54 heavy (non-hydrogen) atoms. The Labute approximate surface area is 317 Å². The molecule has 0 aliphatic rings. The smallest absolute Gasteiger partial charge is 0.213 e. The van der Waals surface area contributed by atoms with Crippen LogP contribution in [0.4, 0.5) is 11.4 Å². The number of hydrogen-bond donors (Lipinski definition) is 0. The fourth-order valence-corrected chi connectivity index (χ4v) is 7.66. The van der Waals surface area contributed by atoms with Gasteiger partial charge < -0.3 is 0 Å². The lowest BCUT2D eigenvalue weighted by Crippen LogP contribution is -2.37. The molecule has 0 bridgehead atoms. The molecular formula is C48H46N6+2. The molecule has 0 aliphatic heterocycles. The Hall–Kier alpha value is -6.40. The van der Waals surface area contributed by atoms with E-state index in [1.807, 2.05) is 72.9 Å². The summed E-state index contributed by atoms with van der Waals surface area (Å²) in [5.41, 5.74) is 9.39. The molecule has 6 aromatic carbocycles. The van der Waals surface area contributed by atoms with Gasteiger partial charge in [-0.15, -0.1) is 0 Å². The molecule has 6 nitrogen and oxygen atoms in total. The Balaban J connectivity index is 0.997. The van der Waals surface area contributed by atoms with Gasteiger partial charge in [0.1, 0.15) is 13.1 Å². The Morgan fingerprint density at radius 3 is 1.02 bits per heavy atom. The molecular weight excluding hydrogens is 661 g/mol. The van der Waals surface area contributed by atoms with Crippen molar-refractivity contribution in [3.63, 3.8) is 0 Å². The molecule has 0 amide bonds. The van der Waals surface area contributed by atoms with Crippen LogP contribution in [0.5, 0.6) is 0 Å². The highest BCUT2D eigenvalue weighted by Crippen LogP contribution is 2.26. The van der Waals surface area contributed by atoms with E-state index in [9.17, 15) is 0 Å². The quantitative estimate of drug-likeness (QED) is 0.0394. The summed E-state index contributed by atoms with van der Waals surface area (Å²) in [4.78, 5) is 0. The maximum Gasteiger partial charge on any atom is 0.213 e. The van der Waals surface area contributed by atoms with Crippen LogP contribution in [-0.4, -0.2) is 26.5 Å². The molecule has 0 aliphatic carbocycles. The molecule has 2 aromatic heterocycles. The maximum atomic E-state index is 4.87. The minimum Gasteiger partial charge on any atom is -0.269 e. The molecule has 8 rings (SSSR count). The average molecular weight is 707 g/mol. The number of aryl methyl sites for hydroxylation is 2. The van der Waals surface area contributed by atoms with Gasteiger partial charge in [0.25, 0.3) is 0 Å². The summed E-state index contributed by atoms with van der Waals surface area (Å²) < 4.78 is 5.02. The first kappa shape index (κ1) is 34.7. The molecule has 0 saturated heterocycles. The van der Waals surface area contributed by atoms with Gasteiger partial charge in [-0.05, 0) is 61.4 Å². The van der Waals surface area contributed by atoms with Gasteiger partial charge in [0.15, 0.2) is 0 Å². The zero-order valence-corrected chi connectivity index (χ0v) is 31.1. The van der Waals surface area contributed by atoms with Crippen molar-refractivity contribution in [3.8, 4) is 0 Å². The minimum absolute atomic E-state index is 0.965. The van der Waals surface area contributed by atoms with Crippen molar-refractivity contribution < 1.29 is 9.13 Å². The van der Waals surface area contributed by atoms with Crippen LogP contribution in [0.1, 0.15) is 36.8 Å². The zero-order valence-electron chi connectivity index (χ0n) is 31.1. The summed E-state index contributed by atoms with van der Waals surface area (Å²) in [6.45, 7) is 1.93. The van der Waals surface area contributed by atoms with Gasteiger partial charge in [-0.1, -0.05) is 84.9 Å². The van der Waals surface area contributed by atoms with Gasteiger partial charge in [-0.3, -0.25) is 10.0 Å². The van der Waals surface area contributed by atoms with Crippen molar-refractivity contribution in [2.75, 3.05) is 24.1 Å². The topological polar surface area (TPSA) is 39.0 Å². The van der Waals surface area contributed by atoms with Crippen molar-refractivity contribution in [2.24, 2.45) is 10.2 Å². The predicted octanol–water partition coefficient (Wildman–Crippen LogP) is 10.1. The van der Waals surface area contributed by atoms with Crippen LogP contribution in [0, 0.1) is 0 Å². The standard InChI is InChI=1S/C48H46N6/c1-51(37-21-7-5-8-22-37)49-35-43-39-25-11-15-29-45(39)53(46-30-16-12-26-40(43)46)33-19-3-4-20-34-54-47-31-17-13-27-41(47)44(42-28-14-18-32-48(42)54)36-50-52(2)38-23-9-6-10-24-38/h5-18,21-32,35-36H,3-4,19-20,33-34H2,1-2H3/q+2. The van der Waals surface area contributed by atoms with E-state index >= 15 is 0 Å². The Morgan fingerprint density at radius 1 is 0.389 bits per heavy atom. The summed E-state index contributed by atoms with van der Waals surface area (Å²) in [6, 6.07) is 55.6. The van der Waals surface area contributed by atoms with E-state index in [-0.39, 0.29) is 0 Å². The molecule has 0 N–H and O–H groups in total. The van der Waals surface area contributed by atoms with Crippen LogP contribution in [0.15, 0.2) is 168 Å². The van der Waals surface area contributed by atoms with Crippen LogP contribution in [-0.2, 0) is 13.1 Å². The van der Waals surface area contributed by atoms with Crippen molar-refractivity contribution in [2.45, 2.75) is 38.8 Å². The van der Waals surface area contributed by atoms with Gasteiger partial charge >= 0.3 is 0 Å². The van der Waals surface area contributed by atoms with E-state index in [4.69, 9.17) is 10.2 Å². The van der Waals surface area contributed by atoms with Crippen LogP contribution < -0.4 is 19.2 Å². The van der Waals surface area contributed by atoms with Crippen LogP contribution in [0.3, 0.4) is 0 Å². The van der Waals surface area contributed by atoms with Crippen LogP contribution in [0.25, 0.3) is 43.6 Å². The molecule has 6 heteroatoms. The molecule has 0 atom stereocenters. The lowest BCUT2D eigenvalue weighted by molar-refractivity contribution is -0.647. The highest BCUT2D eigenvalue weighted by molar-refractivity contribution is 6.10. The van der Waals surface area contributed by atoms with E-state index in [1.165, 1.54) is 43.6 Å². The lowest BCUT2D eigenvalue weighted by atomic mass is 10.0. The number of hydrazone groups is 2.